The zero-order valence-corrected chi connectivity index (χ0v) is 16.9. The minimum absolute atomic E-state index is 0.0664. The number of alkyl carbamates (subject to hydrolysis) is 1. The number of anilines is 1. The summed E-state index contributed by atoms with van der Waals surface area (Å²) in [5.41, 5.74) is 5.25. The van der Waals surface area contributed by atoms with E-state index in [0.29, 0.717) is 28.8 Å². The summed E-state index contributed by atoms with van der Waals surface area (Å²) in [5.74, 6) is 0.572. The van der Waals surface area contributed by atoms with Crippen molar-refractivity contribution in [3.8, 4) is 0 Å². The molecule has 6 nitrogen and oxygen atoms in total. The number of rotatable bonds is 1. The molecule has 0 spiro atoms. The number of carbonyl (C=O) groups is 1. The van der Waals surface area contributed by atoms with Gasteiger partial charge in [-0.15, -0.1) is 0 Å². The molecule has 3 atom stereocenters. The Balaban J connectivity index is 1.99. The number of thioether (sulfide) groups is 1. The second-order valence-corrected chi connectivity index (χ2v) is 9.13. The zero-order chi connectivity index (χ0) is 19.8. The van der Waals surface area contributed by atoms with E-state index in [1.807, 2.05) is 0 Å². The Morgan fingerprint density at radius 3 is 2.93 bits per heavy atom. The van der Waals surface area contributed by atoms with Crippen LogP contribution in [0.3, 0.4) is 0 Å². The topological polar surface area (TPSA) is 85.9 Å². The van der Waals surface area contributed by atoms with Gasteiger partial charge in [-0.25, -0.2) is 14.2 Å². The molecule has 27 heavy (non-hydrogen) atoms. The molecule has 2 heterocycles. The number of amides is 1. The number of aliphatic imine (C=N–C) groups is 1. The molecule has 1 aromatic rings. The first-order valence-corrected chi connectivity index (χ1v) is 9.95. The second-order valence-electron chi connectivity index (χ2n) is 8.12. The van der Waals surface area contributed by atoms with Gasteiger partial charge in [0, 0.05) is 29.5 Å². The van der Waals surface area contributed by atoms with E-state index >= 15 is 0 Å². The van der Waals surface area contributed by atoms with Gasteiger partial charge >= 0.3 is 6.09 Å². The molecule has 3 N–H and O–H groups in total. The first-order chi connectivity index (χ1) is 12.6. The van der Waals surface area contributed by atoms with Crippen LogP contribution in [0.25, 0.3) is 0 Å². The lowest BCUT2D eigenvalue weighted by atomic mass is 9.72. The quantitative estimate of drug-likeness (QED) is 0.711. The lowest BCUT2D eigenvalue weighted by Crippen LogP contribution is -2.52. The molecule has 0 radical (unpaired) electrons. The summed E-state index contributed by atoms with van der Waals surface area (Å²) < 4.78 is 25.8. The summed E-state index contributed by atoms with van der Waals surface area (Å²) in [6.45, 7) is 8.28. The van der Waals surface area contributed by atoms with Crippen molar-refractivity contribution >= 4 is 28.7 Å². The minimum atomic E-state index is -0.924. The maximum Gasteiger partial charge on any atom is 0.413 e. The van der Waals surface area contributed by atoms with Crippen LogP contribution >= 0.6 is 11.8 Å². The number of amidine groups is 1. The number of fused-ring (bicyclic) bond motifs is 1. The smallest absolute Gasteiger partial charge is 0.413 e. The van der Waals surface area contributed by atoms with Crippen LogP contribution in [0.2, 0.25) is 0 Å². The van der Waals surface area contributed by atoms with Crippen LogP contribution in [0, 0.1) is 17.7 Å². The number of hydrogen-bond donors (Lipinski definition) is 2. The molecule has 0 saturated carbocycles. The number of ether oxygens (including phenoxy) is 2. The Morgan fingerprint density at radius 2 is 2.22 bits per heavy atom. The average Bonchev–Trinajstić information content (AvgIpc) is 2.55. The van der Waals surface area contributed by atoms with Crippen molar-refractivity contribution in [1.82, 2.24) is 5.32 Å². The molecular weight excluding hydrogens is 369 g/mol. The highest BCUT2D eigenvalue weighted by Crippen LogP contribution is 2.47. The summed E-state index contributed by atoms with van der Waals surface area (Å²) in [6.07, 6.45) is -0.583. The van der Waals surface area contributed by atoms with E-state index in [4.69, 9.17) is 20.2 Å². The largest absolute Gasteiger partial charge is 0.444 e. The first-order valence-electron chi connectivity index (χ1n) is 8.96. The molecule has 0 bridgehead atoms. The summed E-state index contributed by atoms with van der Waals surface area (Å²) in [5, 5.41) is 3.10. The normalized spacial score (nSPS) is 28.1. The predicted molar refractivity (Wildman–Crippen MR) is 105 cm³/mol. The van der Waals surface area contributed by atoms with Crippen molar-refractivity contribution < 1.29 is 18.7 Å². The Labute approximate surface area is 163 Å². The van der Waals surface area contributed by atoms with Crippen LogP contribution < -0.4 is 11.1 Å². The van der Waals surface area contributed by atoms with Crippen molar-refractivity contribution in [2.45, 2.75) is 38.8 Å². The fraction of sp³-hybridized carbons (Fsp3) is 0.579. The van der Waals surface area contributed by atoms with Crippen molar-refractivity contribution in [1.29, 1.82) is 0 Å². The molecule has 1 fully saturated rings. The maximum absolute atomic E-state index is 14.8. The molecule has 0 aliphatic carbocycles. The summed E-state index contributed by atoms with van der Waals surface area (Å²) in [6, 6.07) is 4.50. The third-order valence-corrected chi connectivity index (χ3v) is 5.76. The number of carbonyl (C=O) groups excluding carboxylic acids is 1. The molecule has 0 aromatic heterocycles. The van der Waals surface area contributed by atoms with Crippen LogP contribution in [-0.4, -0.2) is 35.8 Å². The van der Waals surface area contributed by atoms with Crippen molar-refractivity contribution in [3.63, 3.8) is 0 Å². The molecular formula is C19H26FN3O3S. The van der Waals surface area contributed by atoms with Crippen molar-refractivity contribution in [2.24, 2.45) is 16.8 Å². The van der Waals surface area contributed by atoms with E-state index in [1.165, 1.54) is 23.9 Å². The molecule has 2 aliphatic heterocycles. The van der Waals surface area contributed by atoms with Crippen LogP contribution in [0.4, 0.5) is 14.9 Å². The third kappa shape index (κ3) is 4.21. The van der Waals surface area contributed by atoms with Crippen LogP contribution in [-0.2, 0) is 15.0 Å². The number of hydrogen-bond acceptors (Lipinski definition) is 6. The Hall–Kier alpha value is -1.80. The van der Waals surface area contributed by atoms with Crippen LogP contribution in [0.15, 0.2) is 23.2 Å². The van der Waals surface area contributed by atoms with Gasteiger partial charge in [-0.05, 0) is 44.9 Å². The lowest BCUT2D eigenvalue weighted by molar-refractivity contribution is -0.0341. The molecule has 1 amide bonds. The Morgan fingerprint density at radius 1 is 1.48 bits per heavy atom. The molecule has 1 aromatic carbocycles. The molecule has 2 aliphatic rings. The highest BCUT2D eigenvalue weighted by molar-refractivity contribution is 8.13. The van der Waals surface area contributed by atoms with Gasteiger partial charge in [0.05, 0.1) is 6.61 Å². The number of nitrogens with one attached hydrogen (secondary N) is 1. The van der Waals surface area contributed by atoms with Gasteiger partial charge in [-0.3, -0.25) is 5.32 Å². The van der Waals surface area contributed by atoms with E-state index in [2.05, 4.69) is 12.2 Å². The molecule has 8 heteroatoms. The zero-order valence-electron chi connectivity index (χ0n) is 16.0. The van der Waals surface area contributed by atoms with Crippen molar-refractivity contribution in [2.75, 3.05) is 24.7 Å². The van der Waals surface area contributed by atoms with E-state index < -0.39 is 17.2 Å². The standard InChI is InChI=1S/C19H26FN3O3S/c1-11-8-25-10-19(13-7-12(21)5-6-15(13)20)14(11)9-27-16(23-19)22-17(24)26-18(2,3)4/h5-7,11,14H,8-10,21H2,1-4H3,(H,22,23,24)/t11-,14?,19?/m1/s1. The van der Waals surface area contributed by atoms with E-state index in [-0.39, 0.29) is 24.3 Å². The lowest BCUT2D eigenvalue weighted by Gasteiger charge is -2.47. The Kier molecular flexibility index (Phi) is 5.40. The number of benzene rings is 1. The predicted octanol–water partition coefficient (Wildman–Crippen LogP) is 3.51. The fourth-order valence-electron chi connectivity index (χ4n) is 3.56. The average molecular weight is 396 g/mol. The summed E-state index contributed by atoms with van der Waals surface area (Å²) >= 11 is 1.44. The maximum atomic E-state index is 14.8. The summed E-state index contributed by atoms with van der Waals surface area (Å²) in [7, 11) is 0. The van der Waals surface area contributed by atoms with Gasteiger partial charge in [0.15, 0.2) is 5.17 Å². The number of nitrogen functional groups attached to an aromatic ring is 1. The molecule has 1 saturated heterocycles. The highest BCUT2D eigenvalue weighted by atomic mass is 32.2. The second kappa shape index (κ2) is 7.31. The van der Waals surface area contributed by atoms with E-state index in [9.17, 15) is 9.18 Å². The van der Waals surface area contributed by atoms with E-state index in [1.54, 1.807) is 26.8 Å². The van der Waals surface area contributed by atoms with Gasteiger partial charge in [-0.2, -0.15) is 0 Å². The van der Waals surface area contributed by atoms with Crippen LogP contribution in [0.5, 0.6) is 0 Å². The number of nitrogens with two attached hydrogens (primary N) is 1. The van der Waals surface area contributed by atoms with E-state index in [0.717, 1.165) is 0 Å². The number of halogens is 1. The minimum Gasteiger partial charge on any atom is -0.444 e. The van der Waals surface area contributed by atoms with Gasteiger partial charge in [0.2, 0.25) is 0 Å². The number of nitrogens with zero attached hydrogens (tertiary/aromatic N) is 1. The highest BCUT2D eigenvalue weighted by Gasteiger charge is 2.50. The third-order valence-electron chi connectivity index (χ3n) is 4.77. The van der Waals surface area contributed by atoms with Gasteiger partial charge in [0.1, 0.15) is 17.0 Å². The molecule has 148 valence electrons. The van der Waals surface area contributed by atoms with Gasteiger partial charge in [-0.1, -0.05) is 18.7 Å². The monoisotopic (exact) mass is 395 g/mol. The summed E-state index contributed by atoms with van der Waals surface area (Å²) in [4.78, 5) is 16.9. The van der Waals surface area contributed by atoms with Crippen LogP contribution in [0.1, 0.15) is 33.3 Å². The first kappa shape index (κ1) is 19.9. The van der Waals surface area contributed by atoms with Gasteiger partial charge < -0.3 is 15.2 Å². The molecule has 3 rings (SSSR count). The van der Waals surface area contributed by atoms with Gasteiger partial charge in [0.25, 0.3) is 0 Å². The molecule has 2 unspecified atom stereocenters. The Bertz CT molecular complexity index is 765. The SMILES string of the molecule is C[C@@H]1COCC2(c3cc(N)ccc3F)N=C(NC(=O)OC(C)(C)C)SCC12. The fourth-order valence-corrected chi connectivity index (χ4v) is 4.89. The van der Waals surface area contributed by atoms with Crippen molar-refractivity contribution in [3.05, 3.63) is 29.6 Å².